The van der Waals surface area contributed by atoms with Crippen LogP contribution < -0.4 is 10.6 Å². The number of nitrogens with one attached hydrogen (secondary N) is 2. The molecule has 0 fully saturated rings. The minimum atomic E-state index is -0.850. The monoisotopic (exact) mass is 482 g/mol. The number of carbonyl (C=O) groups excluding carboxylic acids is 3. The number of halogens is 2. The number of esters is 1. The van der Waals surface area contributed by atoms with Crippen LogP contribution >= 0.6 is 35.0 Å². The minimum Gasteiger partial charge on any atom is -0.454 e. The van der Waals surface area contributed by atoms with Crippen LogP contribution in [-0.4, -0.2) is 49.0 Å². The van der Waals surface area contributed by atoms with E-state index in [-0.39, 0.29) is 0 Å². The van der Waals surface area contributed by atoms with Crippen LogP contribution in [0.15, 0.2) is 48.5 Å². The molecule has 9 heteroatoms. The summed E-state index contributed by atoms with van der Waals surface area (Å²) in [4.78, 5) is 36.8. The molecule has 0 heterocycles. The number of benzene rings is 2. The maximum Gasteiger partial charge on any atom is 0.329 e. The van der Waals surface area contributed by atoms with Gasteiger partial charge >= 0.3 is 5.97 Å². The fraction of sp³-hybridized carbons (Fsp3) is 0.318. The van der Waals surface area contributed by atoms with Crippen LogP contribution in [0.2, 0.25) is 10.0 Å². The zero-order valence-corrected chi connectivity index (χ0v) is 19.4. The second-order valence-electron chi connectivity index (χ2n) is 6.65. The average Bonchev–Trinajstić information content (AvgIpc) is 2.76. The Hall–Kier alpha value is -2.22. The smallest absolute Gasteiger partial charge is 0.329 e. The predicted molar refractivity (Wildman–Crippen MR) is 125 cm³/mol. The molecular weight excluding hydrogens is 459 g/mol. The third kappa shape index (κ3) is 9.21. The van der Waals surface area contributed by atoms with Crippen molar-refractivity contribution >= 4 is 52.7 Å². The van der Waals surface area contributed by atoms with Gasteiger partial charge in [-0.05, 0) is 66.8 Å². The third-order valence-corrected chi connectivity index (χ3v) is 5.45. The number of hydrogen-bond acceptors (Lipinski definition) is 5. The number of ether oxygens (including phenoxy) is 1. The molecule has 0 radical (unpaired) electrons. The second kappa shape index (κ2) is 13.2. The SMILES string of the molecule is CSCCC(NC(=O)c1ccc(Cl)cc1)C(=O)OCC(=O)NCCc1ccc(Cl)cc1. The lowest BCUT2D eigenvalue weighted by Gasteiger charge is -2.17. The maximum absolute atomic E-state index is 12.4. The molecule has 2 rings (SSSR count). The lowest BCUT2D eigenvalue weighted by atomic mass is 10.1. The Morgan fingerprint density at radius 3 is 2.23 bits per heavy atom. The van der Waals surface area contributed by atoms with Gasteiger partial charge in [-0.25, -0.2) is 4.79 Å². The quantitative estimate of drug-likeness (QED) is 0.476. The van der Waals surface area contributed by atoms with Gasteiger partial charge in [-0.1, -0.05) is 35.3 Å². The molecule has 2 amide bonds. The second-order valence-corrected chi connectivity index (χ2v) is 8.51. The van der Waals surface area contributed by atoms with Crippen molar-refractivity contribution in [3.63, 3.8) is 0 Å². The average molecular weight is 483 g/mol. The molecule has 0 saturated carbocycles. The Balaban J connectivity index is 1.80. The summed E-state index contributed by atoms with van der Waals surface area (Å²) in [5.41, 5.74) is 1.41. The van der Waals surface area contributed by atoms with Crippen molar-refractivity contribution in [3.05, 3.63) is 69.7 Å². The highest BCUT2D eigenvalue weighted by Gasteiger charge is 2.23. The molecule has 0 aliphatic rings. The van der Waals surface area contributed by atoms with Crippen molar-refractivity contribution in [3.8, 4) is 0 Å². The first kappa shape index (κ1) is 25.0. The van der Waals surface area contributed by atoms with Crippen molar-refractivity contribution in [2.75, 3.05) is 25.2 Å². The van der Waals surface area contributed by atoms with E-state index in [0.717, 1.165) is 5.56 Å². The van der Waals surface area contributed by atoms with Crippen LogP contribution in [0, 0.1) is 0 Å². The summed E-state index contributed by atoms with van der Waals surface area (Å²) >= 11 is 13.2. The van der Waals surface area contributed by atoms with E-state index >= 15 is 0 Å². The largest absolute Gasteiger partial charge is 0.454 e. The molecule has 31 heavy (non-hydrogen) atoms. The summed E-state index contributed by atoms with van der Waals surface area (Å²) in [6, 6.07) is 12.8. The summed E-state index contributed by atoms with van der Waals surface area (Å²) in [5.74, 6) is -0.820. The van der Waals surface area contributed by atoms with E-state index in [1.54, 1.807) is 48.2 Å². The maximum atomic E-state index is 12.4. The van der Waals surface area contributed by atoms with Crippen LogP contribution in [0.1, 0.15) is 22.3 Å². The van der Waals surface area contributed by atoms with E-state index in [1.807, 2.05) is 18.4 Å². The van der Waals surface area contributed by atoms with Gasteiger partial charge in [-0.2, -0.15) is 11.8 Å². The summed E-state index contributed by atoms with van der Waals surface area (Å²) in [6.07, 6.45) is 2.92. The summed E-state index contributed by atoms with van der Waals surface area (Å²) in [6.45, 7) is -0.00669. The minimum absolute atomic E-state index is 0.381. The van der Waals surface area contributed by atoms with E-state index in [2.05, 4.69) is 10.6 Å². The zero-order chi connectivity index (χ0) is 22.6. The Morgan fingerprint density at radius 2 is 1.61 bits per heavy atom. The molecule has 2 aromatic rings. The third-order valence-electron chi connectivity index (χ3n) is 4.30. The fourth-order valence-corrected chi connectivity index (χ4v) is 3.34. The van der Waals surface area contributed by atoms with Gasteiger partial charge in [-0.15, -0.1) is 0 Å². The standard InChI is InChI=1S/C22H24Cl2N2O4S/c1-31-13-11-19(26-21(28)16-4-8-18(24)9-5-16)22(29)30-14-20(27)25-12-10-15-2-6-17(23)7-3-15/h2-9,19H,10-14H2,1H3,(H,25,27)(H,26,28). The molecule has 1 atom stereocenters. The van der Waals surface area contributed by atoms with Crippen molar-refractivity contribution < 1.29 is 19.1 Å². The number of amides is 2. The molecule has 0 bridgehead atoms. The lowest BCUT2D eigenvalue weighted by Crippen LogP contribution is -2.43. The summed E-state index contributed by atoms with van der Waals surface area (Å²) in [7, 11) is 0. The highest BCUT2D eigenvalue weighted by Crippen LogP contribution is 2.11. The van der Waals surface area contributed by atoms with E-state index < -0.39 is 30.4 Å². The van der Waals surface area contributed by atoms with Crippen LogP contribution in [0.4, 0.5) is 0 Å². The van der Waals surface area contributed by atoms with Crippen LogP contribution in [0.25, 0.3) is 0 Å². The molecule has 0 aromatic heterocycles. The normalized spacial score (nSPS) is 11.5. The molecule has 2 aromatic carbocycles. The van der Waals surface area contributed by atoms with E-state index in [0.29, 0.717) is 40.7 Å². The van der Waals surface area contributed by atoms with Gasteiger partial charge in [0.25, 0.3) is 11.8 Å². The molecule has 0 aliphatic heterocycles. The summed E-state index contributed by atoms with van der Waals surface area (Å²) in [5, 5.41) is 6.53. The van der Waals surface area contributed by atoms with Crippen LogP contribution in [0.5, 0.6) is 0 Å². The highest BCUT2D eigenvalue weighted by atomic mass is 35.5. The topological polar surface area (TPSA) is 84.5 Å². The molecule has 6 nitrogen and oxygen atoms in total. The number of carbonyl (C=O) groups is 3. The van der Waals surface area contributed by atoms with E-state index in [1.165, 1.54) is 0 Å². The van der Waals surface area contributed by atoms with Crippen LogP contribution in [0.3, 0.4) is 0 Å². The van der Waals surface area contributed by atoms with E-state index in [9.17, 15) is 14.4 Å². The van der Waals surface area contributed by atoms with Gasteiger partial charge in [0.05, 0.1) is 0 Å². The van der Waals surface area contributed by atoms with Crippen molar-refractivity contribution in [2.24, 2.45) is 0 Å². The van der Waals surface area contributed by atoms with Gasteiger partial charge in [0, 0.05) is 22.2 Å². The fourth-order valence-electron chi connectivity index (χ4n) is 2.61. The number of thioether (sulfide) groups is 1. The molecule has 0 saturated heterocycles. The molecule has 166 valence electrons. The van der Waals surface area contributed by atoms with Gasteiger partial charge in [-0.3, -0.25) is 9.59 Å². The lowest BCUT2D eigenvalue weighted by molar-refractivity contribution is -0.150. The Kier molecular flexibility index (Phi) is 10.7. The molecule has 0 aliphatic carbocycles. The first-order chi connectivity index (χ1) is 14.9. The molecular formula is C22H24Cl2N2O4S. The molecule has 1 unspecified atom stereocenters. The van der Waals surface area contributed by atoms with Gasteiger partial charge in [0.15, 0.2) is 6.61 Å². The summed E-state index contributed by atoms with van der Waals surface area (Å²) < 4.78 is 5.12. The first-order valence-electron chi connectivity index (χ1n) is 9.62. The molecule has 0 spiro atoms. The van der Waals surface area contributed by atoms with Crippen molar-refractivity contribution in [1.29, 1.82) is 0 Å². The number of rotatable bonds is 11. The Morgan fingerprint density at radius 1 is 1.00 bits per heavy atom. The Bertz CT molecular complexity index is 876. The van der Waals surface area contributed by atoms with E-state index in [4.69, 9.17) is 27.9 Å². The zero-order valence-electron chi connectivity index (χ0n) is 17.0. The van der Waals surface area contributed by atoms with Gasteiger partial charge < -0.3 is 15.4 Å². The van der Waals surface area contributed by atoms with Gasteiger partial charge in [0.1, 0.15) is 6.04 Å². The number of hydrogen-bond donors (Lipinski definition) is 2. The first-order valence-corrected chi connectivity index (χ1v) is 11.8. The predicted octanol–water partition coefficient (Wildman–Crippen LogP) is 3.75. The van der Waals surface area contributed by atoms with Crippen molar-refractivity contribution in [2.45, 2.75) is 18.9 Å². The van der Waals surface area contributed by atoms with Crippen molar-refractivity contribution in [1.82, 2.24) is 10.6 Å². The highest BCUT2D eigenvalue weighted by molar-refractivity contribution is 7.98. The molecule has 2 N–H and O–H groups in total. The van der Waals surface area contributed by atoms with Crippen LogP contribution in [-0.2, 0) is 20.7 Å². The van der Waals surface area contributed by atoms with Gasteiger partial charge in [0.2, 0.25) is 0 Å². The Labute approximate surface area is 196 Å².